The van der Waals surface area contributed by atoms with E-state index in [2.05, 4.69) is 36.1 Å². The number of anilines is 1. The maximum Gasteiger partial charge on any atom is 0.404 e. The van der Waals surface area contributed by atoms with Crippen molar-refractivity contribution in [3.63, 3.8) is 0 Å². The number of thiazole rings is 1. The molecule has 11 nitrogen and oxygen atoms in total. The van der Waals surface area contributed by atoms with Gasteiger partial charge in [-0.3, -0.25) is 0 Å². The van der Waals surface area contributed by atoms with Crippen molar-refractivity contribution in [3.8, 4) is 10.4 Å². The molecule has 43 heavy (non-hydrogen) atoms. The first kappa shape index (κ1) is 34.0. The molecule has 1 unspecified atom stereocenters. The maximum absolute atomic E-state index is 13.4. The smallest absolute Gasteiger partial charge is 0.404 e. The molecule has 0 spiro atoms. The van der Waals surface area contributed by atoms with Crippen LogP contribution in [0.25, 0.3) is 10.4 Å². The Morgan fingerprint density at radius 1 is 1.14 bits per heavy atom. The van der Waals surface area contributed by atoms with E-state index >= 15 is 0 Å². The summed E-state index contributed by atoms with van der Waals surface area (Å²) in [5.41, 5.74) is 5.87. The van der Waals surface area contributed by atoms with E-state index < -0.39 is 27.7 Å². The molecule has 0 radical (unpaired) electrons. The summed E-state index contributed by atoms with van der Waals surface area (Å²) in [6.45, 7) is 10.2. The zero-order valence-electron chi connectivity index (χ0n) is 25.3. The van der Waals surface area contributed by atoms with Gasteiger partial charge in [0.1, 0.15) is 5.01 Å². The van der Waals surface area contributed by atoms with Gasteiger partial charge in [-0.2, -0.15) is 0 Å². The van der Waals surface area contributed by atoms with E-state index in [0.29, 0.717) is 17.8 Å². The molecule has 6 N–H and O–H groups in total. The third-order valence-electron chi connectivity index (χ3n) is 6.01. The minimum absolute atomic E-state index is 0.0995. The zero-order chi connectivity index (χ0) is 31.6. The van der Waals surface area contributed by atoms with E-state index in [4.69, 9.17) is 0 Å². The number of amides is 3. The molecule has 4 rings (SSSR count). The molecule has 0 bridgehead atoms. The number of urea groups is 1. The Morgan fingerprint density at radius 3 is 2.44 bits per heavy atom. The summed E-state index contributed by atoms with van der Waals surface area (Å²) in [5.74, 6) is 0. The van der Waals surface area contributed by atoms with Crippen molar-refractivity contribution in [2.45, 2.75) is 83.0 Å². The summed E-state index contributed by atoms with van der Waals surface area (Å²) in [7, 11) is -3.88. The summed E-state index contributed by atoms with van der Waals surface area (Å²) in [4.78, 5) is 27.8. The number of carbonyl (C=O) groups excluding carboxylic acids is 2. The van der Waals surface area contributed by atoms with Crippen LogP contribution in [-0.4, -0.2) is 43.7 Å². The molecule has 1 atom stereocenters. The normalized spacial score (nSPS) is 15.3. The fourth-order valence-electron chi connectivity index (χ4n) is 4.31. The van der Waals surface area contributed by atoms with Crippen LogP contribution in [0.4, 0.5) is 15.3 Å². The molecule has 2 aromatic carbocycles. The molecule has 1 aliphatic rings. The van der Waals surface area contributed by atoms with Gasteiger partial charge in [-0.1, -0.05) is 42.8 Å². The van der Waals surface area contributed by atoms with Crippen LogP contribution in [0.2, 0.25) is 0 Å². The lowest BCUT2D eigenvalue weighted by Crippen LogP contribution is -2.40. The molecule has 1 aliphatic heterocycles. The molecule has 0 aliphatic carbocycles. The van der Waals surface area contributed by atoms with Gasteiger partial charge < -0.3 is 26.4 Å². The molecule has 1 aromatic heterocycles. The fourth-order valence-corrected chi connectivity index (χ4v) is 7.10. The summed E-state index contributed by atoms with van der Waals surface area (Å²) in [6.07, 6.45) is 4.25. The second-order valence-corrected chi connectivity index (χ2v) is 14.1. The number of hydrogen-bond donors (Lipinski definition) is 5. The van der Waals surface area contributed by atoms with Crippen LogP contribution in [0.1, 0.15) is 70.5 Å². The third kappa shape index (κ3) is 11.2. The minimum Gasteiger partial charge on any atom is -0.447 e. The van der Waals surface area contributed by atoms with E-state index in [9.17, 15) is 18.0 Å². The van der Waals surface area contributed by atoms with Gasteiger partial charge in [0.15, 0.2) is 0 Å². The quantitative estimate of drug-likeness (QED) is 0.219. The SMILES string of the molecule is CC(C)(C)NS(=O)(=O)c1cc(NC(=O)NCc2ccccc2)ccc1-c1cnc(C2CCCCN2)s1.CC(C)OC(N)=O. The molecule has 1 fully saturated rings. The number of benzene rings is 2. The van der Waals surface area contributed by atoms with Crippen molar-refractivity contribution in [3.05, 3.63) is 65.3 Å². The summed E-state index contributed by atoms with van der Waals surface area (Å²) < 4.78 is 34.0. The van der Waals surface area contributed by atoms with Crippen LogP contribution in [0.15, 0.2) is 59.6 Å². The Balaban J connectivity index is 0.000000646. The standard InChI is InChI=1S/C26H33N5O3S2.C4H9NO2/c1-26(2,3)31-36(33,34)23-15-19(30-25(32)29-16-18-9-5-4-6-10-18)12-13-20(23)22-17-28-24(35-22)21-11-7-8-14-27-21;1-3(2)7-4(5)6/h4-6,9-10,12-13,15,17,21,27,31H,7-8,11,14,16H2,1-3H3,(H2,29,30,32);3H,1-2H3,(H2,5,6). The number of nitrogens with two attached hydrogens (primary N) is 1. The monoisotopic (exact) mass is 630 g/mol. The van der Waals surface area contributed by atoms with Gasteiger partial charge in [0, 0.05) is 29.5 Å². The van der Waals surface area contributed by atoms with Gasteiger partial charge in [-0.05, 0) is 71.7 Å². The number of carbonyl (C=O) groups is 2. The molecule has 3 amide bonds. The lowest BCUT2D eigenvalue weighted by molar-refractivity contribution is 0.125. The number of primary amides is 1. The predicted octanol–water partition coefficient (Wildman–Crippen LogP) is 5.51. The summed E-state index contributed by atoms with van der Waals surface area (Å²) in [5, 5.41) is 10.0. The van der Waals surface area contributed by atoms with E-state index in [1.54, 1.807) is 52.9 Å². The first-order chi connectivity index (χ1) is 20.2. The number of sulfonamides is 1. The minimum atomic E-state index is -3.88. The highest BCUT2D eigenvalue weighted by Gasteiger charge is 2.27. The van der Waals surface area contributed by atoms with Crippen molar-refractivity contribution >= 4 is 39.2 Å². The van der Waals surface area contributed by atoms with Crippen molar-refractivity contribution in [1.29, 1.82) is 0 Å². The highest BCUT2D eigenvalue weighted by atomic mass is 32.2. The fraction of sp³-hybridized carbons (Fsp3) is 0.433. The van der Waals surface area contributed by atoms with Crippen LogP contribution < -0.4 is 26.4 Å². The Hall–Kier alpha value is -3.52. The molecular formula is C30H42N6O5S2. The third-order valence-corrected chi connectivity index (χ3v) is 8.96. The van der Waals surface area contributed by atoms with E-state index in [1.165, 1.54) is 17.4 Å². The number of aromatic nitrogens is 1. The summed E-state index contributed by atoms with van der Waals surface area (Å²) >= 11 is 1.50. The van der Waals surface area contributed by atoms with Crippen molar-refractivity contribution in [2.24, 2.45) is 5.73 Å². The highest BCUT2D eigenvalue weighted by Crippen LogP contribution is 2.37. The van der Waals surface area contributed by atoms with Gasteiger partial charge >= 0.3 is 12.1 Å². The molecule has 2 heterocycles. The van der Waals surface area contributed by atoms with Crippen LogP contribution in [0, 0.1) is 0 Å². The molecule has 3 aromatic rings. The van der Waals surface area contributed by atoms with Gasteiger partial charge in [0.2, 0.25) is 10.0 Å². The number of rotatable bonds is 8. The lowest BCUT2D eigenvalue weighted by atomic mass is 10.1. The van der Waals surface area contributed by atoms with Gasteiger partial charge in [-0.25, -0.2) is 27.7 Å². The highest BCUT2D eigenvalue weighted by molar-refractivity contribution is 7.89. The van der Waals surface area contributed by atoms with Crippen molar-refractivity contribution < 1.29 is 22.7 Å². The Labute approximate surface area is 258 Å². The second kappa shape index (κ2) is 15.3. The summed E-state index contributed by atoms with van der Waals surface area (Å²) in [6, 6.07) is 14.3. The van der Waals surface area contributed by atoms with E-state index in [0.717, 1.165) is 41.3 Å². The van der Waals surface area contributed by atoms with Gasteiger partial charge in [0.25, 0.3) is 0 Å². The van der Waals surface area contributed by atoms with E-state index in [1.807, 2.05) is 30.3 Å². The maximum atomic E-state index is 13.4. The largest absolute Gasteiger partial charge is 0.447 e. The number of hydrogen-bond acceptors (Lipinski definition) is 8. The second-order valence-electron chi connectivity index (χ2n) is 11.4. The number of nitrogens with zero attached hydrogens (tertiary/aromatic N) is 1. The van der Waals surface area contributed by atoms with Crippen LogP contribution in [-0.2, 0) is 21.3 Å². The Morgan fingerprint density at radius 2 is 1.86 bits per heavy atom. The topological polar surface area (TPSA) is 165 Å². The first-order valence-electron chi connectivity index (χ1n) is 14.2. The number of piperidine rings is 1. The lowest BCUT2D eigenvalue weighted by Gasteiger charge is -2.22. The van der Waals surface area contributed by atoms with Crippen LogP contribution >= 0.6 is 11.3 Å². The molecule has 1 saturated heterocycles. The Kier molecular flexibility index (Phi) is 12.1. The van der Waals surface area contributed by atoms with Crippen LogP contribution in [0.3, 0.4) is 0 Å². The molecule has 0 saturated carbocycles. The zero-order valence-corrected chi connectivity index (χ0v) is 26.9. The van der Waals surface area contributed by atoms with Gasteiger partial charge in [-0.15, -0.1) is 11.3 Å². The molecule has 234 valence electrons. The van der Waals surface area contributed by atoms with Crippen LogP contribution in [0.5, 0.6) is 0 Å². The number of ether oxygens (including phenoxy) is 1. The average Bonchev–Trinajstić information content (AvgIpc) is 3.42. The van der Waals surface area contributed by atoms with E-state index in [-0.39, 0.29) is 17.0 Å². The first-order valence-corrected chi connectivity index (χ1v) is 16.5. The van der Waals surface area contributed by atoms with Crippen molar-refractivity contribution in [1.82, 2.24) is 20.3 Å². The average molecular weight is 631 g/mol. The predicted molar refractivity (Wildman–Crippen MR) is 170 cm³/mol. The Bertz CT molecular complexity index is 1460. The molecular weight excluding hydrogens is 589 g/mol. The molecule has 13 heteroatoms. The van der Waals surface area contributed by atoms with Gasteiger partial charge in [0.05, 0.1) is 21.9 Å². The van der Waals surface area contributed by atoms with Crippen molar-refractivity contribution in [2.75, 3.05) is 11.9 Å². The number of nitrogens with one attached hydrogen (secondary N) is 4.